The van der Waals surface area contributed by atoms with Gasteiger partial charge in [0.05, 0.1) is 26.2 Å². The molecular weight excluding hydrogens is 394 g/mol. The molecule has 0 saturated heterocycles. The lowest BCUT2D eigenvalue weighted by molar-refractivity contribution is -0.115. The molecule has 0 unspecified atom stereocenters. The molecule has 2 aromatic carbocycles. The highest BCUT2D eigenvalue weighted by Gasteiger charge is 2.26. The molecule has 0 aliphatic carbocycles. The summed E-state index contributed by atoms with van der Waals surface area (Å²) in [6.45, 7) is 0.603. The first-order valence-electron chi connectivity index (χ1n) is 9.94. The Morgan fingerprint density at radius 1 is 1.06 bits per heavy atom. The Morgan fingerprint density at radius 3 is 2.65 bits per heavy atom. The molecule has 1 aliphatic rings. The van der Waals surface area contributed by atoms with Crippen molar-refractivity contribution in [3.8, 4) is 11.5 Å². The Labute approximate surface area is 180 Å². The van der Waals surface area contributed by atoms with Gasteiger partial charge in [0.15, 0.2) is 11.5 Å². The molecule has 1 N–H and O–H groups in total. The lowest BCUT2D eigenvalue weighted by Gasteiger charge is -2.17. The maximum absolute atomic E-state index is 12.8. The Kier molecular flexibility index (Phi) is 5.84. The molecule has 0 radical (unpaired) electrons. The molecule has 1 aromatic heterocycles. The Morgan fingerprint density at radius 2 is 1.90 bits per heavy atom. The number of aromatic nitrogens is 1. The summed E-state index contributed by atoms with van der Waals surface area (Å²) >= 11 is 0. The van der Waals surface area contributed by atoms with E-state index in [1.165, 1.54) is 0 Å². The number of nitrogens with one attached hydrogen (secondary N) is 1. The van der Waals surface area contributed by atoms with Crippen LogP contribution in [0, 0.1) is 0 Å². The first kappa shape index (κ1) is 20.4. The van der Waals surface area contributed by atoms with Gasteiger partial charge in [-0.2, -0.15) is 0 Å². The second-order valence-electron chi connectivity index (χ2n) is 7.21. The van der Waals surface area contributed by atoms with Crippen molar-refractivity contribution in [3.63, 3.8) is 0 Å². The number of amides is 2. The van der Waals surface area contributed by atoms with Crippen LogP contribution in [0.5, 0.6) is 11.5 Å². The van der Waals surface area contributed by atoms with Crippen molar-refractivity contribution >= 4 is 23.2 Å². The molecule has 7 nitrogen and oxygen atoms in total. The third-order valence-corrected chi connectivity index (χ3v) is 5.23. The number of ether oxygens (including phenoxy) is 2. The fourth-order valence-corrected chi connectivity index (χ4v) is 3.72. The number of nitrogens with zero attached hydrogens (tertiary/aromatic N) is 2. The molecule has 3 aromatic rings. The van der Waals surface area contributed by atoms with E-state index in [1.807, 2.05) is 24.3 Å². The summed E-state index contributed by atoms with van der Waals surface area (Å²) in [4.78, 5) is 31.1. The van der Waals surface area contributed by atoms with Crippen molar-refractivity contribution < 1.29 is 19.1 Å². The second kappa shape index (κ2) is 8.87. The number of carbonyl (C=O) groups is 2. The minimum Gasteiger partial charge on any atom is -0.493 e. The first-order chi connectivity index (χ1) is 15.1. The van der Waals surface area contributed by atoms with Gasteiger partial charge in [-0.25, -0.2) is 0 Å². The van der Waals surface area contributed by atoms with Gasteiger partial charge in [-0.15, -0.1) is 0 Å². The number of hydrogen-bond acceptors (Lipinski definition) is 5. The molecule has 1 aliphatic heterocycles. The predicted octanol–water partition coefficient (Wildman–Crippen LogP) is 3.48. The van der Waals surface area contributed by atoms with Crippen molar-refractivity contribution in [2.45, 2.75) is 12.8 Å². The summed E-state index contributed by atoms with van der Waals surface area (Å²) in [5.41, 5.74) is 3.99. The van der Waals surface area contributed by atoms with Crippen molar-refractivity contribution in [2.75, 3.05) is 31.0 Å². The zero-order valence-electron chi connectivity index (χ0n) is 17.4. The molecule has 4 rings (SSSR count). The average molecular weight is 417 g/mol. The second-order valence-corrected chi connectivity index (χ2v) is 7.21. The summed E-state index contributed by atoms with van der Waals surface area (Å²) in [6, 6.07) is 14.6. The zero-order valence-corrected chi connectivity index (χ0v) is 17.4. The van der Waals surface area contributed by atoms with E-state index in [1.54, 1.807) is 55.8 Å². The summed E-state index contributed by atoms with van der Waals surface area (Å²) in [5, 5.41) is 2.94. The number of anilines is 2. The summed E-state index contributed by atoms with van der Waals surface area (Å²) < 4.78 is 10.5. The SMILES string of the molecule is COc1ccc(CC(=O)Nc2ccc3c(c2)CCN3C(=O)c2cccnc2)cc1OC. The van der Waals surface area contributed by atoms with Crippen LogP contribution in [0.25, 0.3) is 0 Å². The smallest absolute Gasteiger partial charge is 0.259 e. The van der Waals surface area contributed by atoms with Crippen LogP contribution in [0.1, 0.15) is 21.5 Å². The van der Waals surface area contributed by atoms with Crippen LogP contribution < -0.4 is 19.7 Å². The van der Waals surface area contributed by atoms with Gasteiger partial charge in [-0.1, -0.05) is 6.07 Å². The van der Waals surface area contributed by atoms with Crippen LogP contribution in [0.2, 0.25) is 0 Å². The lowest BCUT2D eigenvalue weighted by atomic mass is 10.1. The van der Waals surface area contributed by atoms with E-state index >= 15 is 0 Å². The lowest BCUT2D eigenvalue weighted by Crippen LogP contribution is -2.28. The van der Waals surface area contributed by atoms with E-state index in [-0.39, 0.29) is 18.2 Å². The van der Waals surface area contributed by atoms with Gasteiger partial charge < -0.3 is 19.7 Å². The average Bonchev–Trinajstić information content (AvgIpc) is 3.22. The topological polar surface area (TPSA) is 80.8 Å². The van der Waals surface area contributed by atoms with E-state index in [0.717, 1.165) is 23.2 Å². The zero-order chi connectivity index (χ0) is 21.8. The highest BCUT2D eigenvalue weighted by atomic mass is 16.5. The molecule has 2 heterocycles. The van der Waals surface area contributed by atoms with Crippen molar-refractivity contribution in [3.05, 3.63) is 77.6 Å². The number of pyridine rings is 1. The van der Waals surface area contributed by atoms with E-state index < -0.39 is 0 Å². The van der Waals surface area contributed by atoms with E-state index in [4.69, 9.17) is 9.47 Å². The van der Waals surface area contributed by atoms with Gasteiger partial charge in [-0.05, 0) is 60.0 Å². The fourth-order valence-electron chi connectivity index (χ4n) is 3.72. The standard InChI is InChI=1S/C24H23N3O4/c1-30-21-8-5-16(12-22(21)31-2)13-23(28)26-19-6-7-20-17(14-19)9-11-27(20)24(29)18-4-3-10-25-15-18/h3-8,10,12,14-15H,9,11,13H2,1-2H3,(H,26,28). The molecule has 0 bridgehead atoms. The molecule has 2 amide bonds. The van der Waals surface area contributed by atoms with E-state index in [9.17, 15) is 9.59 Å². The molecule has 31 heavy (non-hydrogen) atoms. The van der Waals surface area contributed by atoms with Gasteiger partial charge in [0.2, 0.25) is 5.91 Å². The Hall–Kier alpha value is -3.87. The number of fused-ring (bicyclic) bond motifs is 1. The third-order valence-electron chi connectivity index (χ3n) is 5.23. The molecule has 0 saturated carbocycles. The van der Waals surface area contributed by atoms with Crippen LogP contribution in [-0.4, -0.2) is 37.6 Å². The number of carbonyl (C=O) groups excluding carboxylic acids is 2. The molecular formula is C24H23N3O4. The normalized spacial score (nSPS) is 12.3. The predicted molar refractivity (Wildman–Crippen MR) is 118 cm³/mol. The Bertz CT molecular complexity index is 1120. The van der Waals surface area contributed by atoms with Gasteiger partial charge >= 0.3 is 0 Å². The minimum atomic E-state index is -0.131. The highest BCUT2D eigenvalue weighted by molar-refractivity contribution is 6.07. The first-order valence-corrected chi connectivity index (χ1v) is 9.94. The van der Waals surface area contributed by atoms with E-state index in [2.05, 4.69) is 10.3 Å². The molecule has 0 spiro atoms. The summed E-state index contributed by atoms with van der Waals surface area (Å²) in [6.07, 6.45) is 4.17. The van der Waals surface area contributed by atoms with Gasteiger partial charge in [0.1, 0.15) is 0 Å². The molecule has 7 heteroatoms. The van der Waals surface area contributed by atoms with Crippen LogP contribution >= 0.6 is 0 Å². The Balaban J connectivity index is 1.44. The van der Waals surface area contributed by atoms with Gasteiger partial charge in [0.25, 0.3) is 5.91 Å². The maximum atomic E-state index is 12.8. The largest absolute Gasteiger partial charge is 0.493 e. The van der Waals surface area contributed by atoms with Gasteiger partial charge in [-0.3, -0.25) is 14.6 Å². The van der Waals surface area contributed by atoms with Crippen molar-refractivity contribution in [2.24, 2.45) is 0 Å². The summed E-state index contributed by atoms with van der Waals surface area (Å²) in [7, 11) is 3.14. The van der Waals surface area contributed by atoms with Crippen LogP contribution in [0.15, 0.2) is 60.9 Å². The number of methoxy groups -OCH3 is 2. The van der Waals surface area contributed by atoms with Crippen LogP contribution in [-0.2, 0) is 17.6 Å². The monoisotopic (exact) mass is 417 g/mol. The van der Waals surface area contributed by atoms with Crippen molar-refractivity contribution in [1.29, 1.82) is 0 Å². The molecule has 158 valence electrons. The molecule has 0 fully saturated rings. The number of benzene rings is 2. The summed E-state index contributed by atoms with van der Waals surface area (Å²) in [5.74, 6) is 1.00. The highest BCUT2D eigenvalue weighted by Crippen LogP contribution is 2.32. The fraction of sp³-hybridized carbons (Fsp3) is 0.208. The van der Waals surface area contributed by atoms with Gasteiger partial charge in [0, 0.05) is 30.3 Å². The van der Waals surface area contributed by atoms with E-state index in [0.29, 0.717) is 29.3 Å². The number of hydrogen-bond donors (Lipinski definition) is 1. The third kappa shape index (κ3) is 4.35. The number of rotatable bonds is 6. The quantitative estimate of drug-likeness (QED) is 0.664. The van der Waals surface area contributed by atoms with Crippen molar-refractivity contribution in [1.82, 2.24) is 4.98 Å². The molecule has 0 atom stereocenters. The van der Waals surface area contributed by atoms with Crippen LogP contribution in [0.3, 0.4) is 0 Å². The minimum absolute atomic E-state index is 0.0721. The maximum Gasteiger partial charge on any atom is 0.259 e. The van der Waals surface area contributed by atoms with Crippen LogP contribution in [0.4, 0.5) is 11.4 Å².